The molecule has 1 heterocycles. The van der Waals surface area contributed by atoms with Crippen LogP contribution in [0.15, 0.2) is 48.8 Å². The highest BCUT2D eigenvalue weighted by Gasteiger charge is 2.23. The molecule has 23 heavy (non-hydrogen) atoms. The Morgan fingerprint density at radius 3 is 2.30 bits per heavy atom. The SMILES string of the molecule is CCC(CC)c1cc[n+]([C@@H](C)C(=O)Nc2ccccc2F)cc1. The van der Waals surface area contributed by atoms with Crippen molar-refractivity contribution < 1.29 is 13.8 Å². The lowest BCUT2D eigenvalue weighted by molar-refractivity contribution is -0.705. The summed E-state index contributed by atoms with van der Waals surface area (Å²) in [6, 6.07) is 9.89. The molecule has 1 amide bonds. The molecular weight excluding hydrogens is 291 g/mol. The van der Waals surface area contributed by atoms with Gasteiger partial charge in [0.15, 0.2) is 12.4 Å². The number of anilines is 1. The lowest BCUT2D eigenvalue weighted by atomic mass is 9.95. The number of hydrogen-bond acceptors (Lipinski definition) is 1. The number of carbonyl (C=O) groups is 1. The third-order valence-corrected chi connectivity index (χ3v) is 4.29. The number of hydrogen-bond donors (Lipinski definition) is 1. The van der Waals surface area contributed by atoms with Crippen molar-refractivity contribution in [2.75, 3.05) is 5.32 Å². The maximum absolute atomic E-state index is 13.6. The number of nitrogens with one attached hydrogen (secondary N) is 1. The van der Waals surface area contributed by atoms with Gasteiger partial charge >= 0.3 is 0 Å². The van der Waals surface area contributed by atoms with Gasteiger partial charge in [0, 0.05) is 19.1 Å². The highest BCUT2D eigenvalue weighted by atomic mass is 19.1. The van der Waals surface area contributed by atoms with Gasteiger partial charge in [0.25, 0.3) is 5.91 Å². The predicted octanol–water partition coefficient (Wildman–Crippen LogP) is 4.22. The van der Waals surface area contributed by atoms with Crippen LogP contribution in [-0.2, 0) is 4.79 Å². The van der Waals surface area contributed by atoms with Crippen LogP contribution >= 0.6 is 0 Å². The number of nitrogens with zero attached hydrogens (tertiary/aromatic N) is 1. The van der Waals surface area contributed by atoms with E-state index in [2.05, 4.69) is 31.3 Å². The van der Waals surface area contributed by atoms with Crippen molar-refractivity contribution in [3.63, 3.8) is 0 Å². The molecule has 0 aliphatic carbocycles. The summed E-state index contributed by atoms with van der Waals surface area (Å²) in [5, 5.41) is 2.63. The number of carbonyl (C=O) groups excluding carboxylic acids is 1. The smallest absolute Gasteiger partial charge is 0.293 e. The Morgan fingerprint density at radius 1 is 1.13 bits per heavy atom. The summed E-state index contributed by atoms with van der Waals surface area (Å²) in [4.78, 5) is 12.3. The van der Waals surface area contributed by atoms with Gasteiger partial charge in [-0.15, -0.1) is 0 Å². The molecule has 0 saturated heterocycles. The van der Waals surface area contributed by atoms with Gasteiger partial charge in [0.1, 0.15) is 5.82 Å². The Kier molecular flexibility index (Phi) is 5.85. The van der Waals surface area contributed by atoms with E-state index in [1.807, 2.05) is 17.0 Å². The lowest BCUT2D eigenvalue weighted by Gasteiger charge is -2.13. The third-order valence-electron chi connectivity index (χ3n) is 4.29. The molecule has 3 nitrogen and oxygen atoms in total. The number of pyridine rings is 1. The first-order valence-electron chi connectivity index (χ1n) is 8.12. The molecule has 122 valence electrons. The van der Waals surface area contributed by atoms with Crippen LogP contribution in [0.1, 0.15) is 51.1 Å². The van der Waals surface area contributed by atoms with Gasteiger partial charge in [-0.25, -0.2) is 4.39 Å². The monoisotopic (exact) mass is 315 g/mol. The minimum absolute atomic E-state index is 0.207. The summed E-state index contributed by atoms with van der Waals surface area (Å²) in [7, 11) is 0. The van der Waals surface area contributed by atoms with Crippen LogP contribution in [0.5, 0.6) is 0 Å². The van der Waals surface area contributed by atoms with Gasteiger partial charge in [-0.2, -0.15) is 4.57 Å². The number of aromatic nitrogens is 1. The number of amides is 1. The molecule has 1 aromatic carbocycles. The molecule has 0 radical (unpaired) electrons. The maximum atomic E-state index is 13.6. The third kappa shape index (κ3) is 4.15. The van der Waals surface area contributed by atoms with Gasteiger partial charge in [0.05, 0.1) is 5.69 Å². The van der Waals surface area contributed by atoms with Gasteiger partial charge in [-0.3, -0.25) is 4.79 Å². The normalized spacial score (nSPS) is 12.2. The molecule has 0 saturated carbocycles. The average molecular weight is 315 g/mol. The zero-order valence-electron chi connectivity index (χ0n) is 13.9. The van der Waals surface area contributed by atoms with Crippen LogP contribution in [0.25, 0.3) is 0 Å². The molecule has 2 aromatic rings. The molecule has 0 bridgehead atoms. The van der Waals surface area contributed by atoms with Crippen LogP contribution in [0, 0.1) is 5.82 Å². The molecular formula is C19H24FN2O+. The summed E-state index contributed by atoms with van der Waals surface area (Å²) in [6.45, 7) is 6.16. The Morgan fingerprint density at radius 2 is 1.74 bits per heavy atom. The van der Waals surface area contributed by atoms with Crippen LogP contribution < -0.4 is 9.88 Å². The van der Waals surface area contributed by atoms with E-state index in [0.717, 1.165) is 12.8 Å². The van der Waals surface area contributed by atoms with Gasteiger partial charge in [-0.1, -0.05) is 26.0 Å². The minimum atomic E-state index is -0.429. The molecule has 4 heteroatoms. The summed E-state index contributed by atoms with van der Waals surface area (Å²) >= 11 is 0. The maximum Gasteiger partial charge on any atom is 0.293 e. The Labute approximate surface area is 137 Å². The van der Waals surface area contributed by atoms with E-state index in [4.69, 9.17) is 0 Å². The fourth-order valence-electron chi connectivity index (χ4n) is 2.68. The van der Waals surface area contributed by atoms with E-state index in [9.17, 15) is 9.18 Å². The van der Waals surface area contributed by atoms with Crippen molar-refractivity contribution in [3.8, 4) is 0 Å². The molecule has 1 atom stereocenters. The first-order valence-corrected chi connectivity index (χ1v) is 8.12. The minimum Gasteiger partial charge on any atom is -0.318 e. The molecule has 1 aromatic heterocycles. The second kappa shape index (κ2) is 7.86. The number of rotatable bonds is 6. The van der Waals surface area contributed by atoms with Crippen molar-refractivity contribution in [3.05, 3.63) is 60.2 Å². The zero-order chi connectivity index (χ0) is 16.8. The molecule has 0 unspecified atom stereocenters. The van der Waals surface area contributed by atoms with Crippen LogP contribution in [0.3, 0.4) is 0 Å². The highest BCUT2D eigenvalue weighted by Crippen LogP contribution is 2.21. The lowest BCUT2D eigenvalue weighted by Crippen LogP contribution is -2.44. The highest BCUT2D eigenvalue weighted by molar-refractivity contribution is 5.92. The molecule has 1 N–H and O–H groups in total. The van der Waals surface area contributed by atoms with E-state index in [1.165, 1.54) is 11.6 Å². The molecule has 0 aliphatic heterocycles. The van der Waals surface area contributed by atoms with E-state index >= 15 is 0 Å². The number of benzene rings is 1. The fourth-order valence-corrected chi connectivity index (χ4v) is 2.68. The molecule has 0 spiro atoms. The van der Waals surface area contributed by atoms with Crippen LogP contribution in [0.2, 0.25) is 0 Å². The largest absolute Gasteiger partial charge is 0.318 e. The van der Waals surface area contributed by atoms with Crippen molar-refractivity contribution in [1.82, 2.24) is 0 Å². The summed E-state index contributed by atoms with van der Waals surface area (Å²) in [5.41, 5.74) is 1.49. The first kappa shape index (κ1) is 17.1. The summed E-state index contributed by atoms with van der Waals surface area (Å²) in [6.07, 6.45) is 6.03. The average Bonchev–Trinajstić information content (AvgIpc) is 2.58. The van der Waals surface area contributed by atoms with Crippen molar-refractivity contribution in [2.24, 2.45) is 0 Å². The van der Waals surface area contributed by atoms with Gasteiger partial charge in [0.2, 0.25) is 6.04 Å². The molecule has 0 aliphatic rings. The van der Waals surface area contributed by atoms with Crippen molar-refractivity contribution in [2.45, 2.75) is 45.6 Å². The van der Waals surface area contributed by atoms with Crippen LogP contribution in [0.4, 0.5) is 10.1 Å². The number of halogens is 1. The second-order valence-electron chi connectivity index (χ2n) is 5.74. The van der Waals surface area contributed by atoms with E-state index < -0.39 is 11.9 Å². The first-order chi connectivity index (χ1) is 11.1. The van der Waals surface area contributed by atoms with Crippen molar-refractivity contribution >= 4 is 11.6 Å². The summed E-state index contributed by atoms with van der Waals surface area (Å²) < 4.78 is 15.4. The standard InChI is InChI=1S/C19H23FN2O/c1-4-15(5-2)16-10-12-22(13-11-16)14(3)19(23)21-18-9-7-6-8-17(18)20/h6-15H,4-5H2,1-3H3/p+1/t14-/m0/s1. The van der Waals surface area contributed by atoms with E-state index in [1.54, 1.807) is 25.1 Å². The Bertz CT molecular complexity index is 651. The fraction of sp³-hybridized carbons (Fsp3) is 0.368. The van der Waals surface area contributed by atoms with Gasteiger partial charge < -0.3 is 5.32 Å². The quantitative estimate of drug-likeness (QED) is 0.796. The zero-order valence-corrected chi connectivity index (χ0v) is 13.9. The summed E-state index contributed by atoms with van der Waals surface area (Å²) in [5.74, 6) is -0.121. The van der Waals surface area contributed by atoms with E-state index in [-0.39, 0.29) is 11.6 Å². The van der Waals surface area contributed by atoms with Crippen LogP contribution in [-0.4, -0.2) is 5.91 Å². The van der Waals surface area contributed by atoms with Gasteiger partial charge in [-0.05, 0) is 36.5 Å². The van der Waals surface area contributed by atoms with Crippen molar-refractivity contribution in [1.29, 1.82) is 0 Å². The van der Waals surface area contributed by atoms with E-state index in [0.29, 0.717) is 5.92 Å². The molecule has 0 fully saturated rings. The molecule has 2 rings (SSSR count). The number of para-hydroxylation sites is 1. The Hall–Kier alpha value is -2.23. The topological polar surface area (TPSA) is 33.0 Å². The predicted molar refractivity (Wildman–Crippen MR) is 89.7 cm³/mol. The second-order valence-corrected chi connectivity index (χ2v) is 5.74. The Balaban J connectivity index is 2.09.